The van der Waals surface area contributed by atoms with Gasteiger partial charge in [-0.1, -0.05) is 91.0 Å². The number of halogens is 2. The van der Waals surface area contributed by atoms with Crippen LogP contribution in [-0.2, 0) is 30.4 Å². The topological polar surface area (TPSA) is 71.8 Å². The molecule has 0 fully saturated rings. The fraction of sp³-hybridized carbons (Fsp3) is 0.0833. The van der Waals surface area contributed by atoms with Gasteiger partial charge in [0.1, 0.15) is 0 Å². The van der Waals surface area contributed by atoms with Crippen LogP contribution in [0.15, 0.2) is 104 Å². The number of H-pyrrole nitrogens is 1. The summed E-state index contributed by atoms with van der Waals surface area (Å²) in [5.41, 5.74) is 6.27. The molecule has 0 saturated carbocycles. The Hall–Kier alpha value is -1.83. The molecular formula is C24H23Cl2N3OPPd. The standard InChI is InChI=1S/C18H15P.C6H8N3O.2ClH.Pd/c1-4-10-16(11-5-1)19(17-12-6-2-7-13-17)18-14-8-3-9-15-18;7-5(3-10)1-6-2-8-4-9-6;;;/h1-15H;2,4-5H,1,7H2,(H,8,9);2*1H;/q;;;;+2/p-2/t;5-;;;/m.0.../s1. The van der Waals surface area contributed by atoms with Gasteiger partial charge in [0.05, 0.1) is 0 Å². The Labute approximate surface area is 213 Å². The maximum Gasteiger partial charge on any atom is -0.0134 e. The summed E-state index contributed by atoms with van der Waals surface area (Å²) in [5, 5.41) is 4.19. The summed E-state index contributed by atoms with van der Waals surface area (Å²) < 4.78 is -0.156. The summed E-state index contributed by atoms with van der Waals surface area (Å²) in [6.07, 6.45) is 3.76. The Kier molecular flexibility index (Phi) is 13.3. The molecule has 0 radical (unpaired) electrons. The molecule has 4 rings (SSSR count). The van der Waals surface area contributed by atoms with E-state index >= 15 is 0 Å². The summed E-state index contributed by atoms with van der Waals surface area (Å²) in [5.74, 6) is 0. The normalized spacial score (nSPS) is 10.7. The van der Waals surface area contributed by atoms with Gasteiger partial charge in [0.25, 0.3) is 0 Å². The molecule has 1 aromatic heterocycles. The number of hydrogen-bond donors (Lipinski definition) is 2. The molecule has 0 amide bonds. The smallest absolute Gasteiger partial charge is 0.0134 e. The number of aromatic amines is 1. The summed E-state index contributed by atoms with van der Waals surface area (Å²) >= 11 is 2.52. The SMILES string of the molecule is N[C@@H](Cc1c[nH]cn1)[C](=O)[Pd+2].[Cl-].[Cl-].c1ccc(P(c2ccccc2)c2ccccc2)cc1. The molecule has 0 saturated heterocycles. The van der Waals surface area contributed by atoms with Crippen molar-refractivity contribution in [2.24, 2.45) is 5.73 Å². The molecule has 4 nitrogen and oxygen atoms in total. The van der Waals surface area contributed by atoms with Crippen LogP contribution in [0.4, 0.5) is 0 Å². The minimum atomic E-state index is -0.485. The molecule has 4 aromatic rings. The van der Waals surface area contributed by atoms with Gasteiger partial charge in [-0.15, -0.1) is 0 Å². The fourth-order valence-corrected chi connectivity index (χ4v) is 5.34. The van der Waals surface area contributed by atoms with E-state index in [0.717, 1.165) is 5.69 Å². The van der Waals surface area contributed by atoms with Crippen molar-refractivity contribution in [1.29, 1.82) is 0 Å². The minimum Gasteiger partial charge on any atom is -1.00 e. The van der Waals surface area contributed by atoms with Gasteiger partial charge < -0.3 is 24.8 Å². The van der Waals surface area contributed by atoms with Gasteiger partial charge in [0.15, 0.2) is 0 Å². The quantitative estimate of drug-likeness (QED) is 0.188. The van der Waals surface area contributed by atoms with Gasteiger partial charge in [-0.05, 0) is 23.8 Å². The Morgan fingerprint density at radius 1 is 0.844 bits per heavy atom. The van der Waals surface area contributed by atoms with E-state index in [1.807, 2.05) is 0 Å². The van der Waals surface area contributed by atoms with Gasteiger partial charge in [0.2, 0.25) is 0 Å². The van der Waals surface area contributed by atoms with Crippen LogP contribution in [0.3, 0.4) is 0 Å². The van der Waals surface area contributed by atoms with Crippen LogP contribution in [-0.4, -0.2) is 20.3 Å². The van der Waals surface area contributed by atoms with Gasteiger partial charge in [-0.3, -0.25) is 0 Å². The van der Waals surface area contributed by atoms with Crippen molar-refractivity contribution in [2.75, 3.05) is 0 Å². The van der Waals surface area contributed by atoms with E-state index in [2.05, 4.69) is 120 Å². The Morgan fingerprint density at radius 2 is 1.25 bits per heavy atom. The van der Waals surface area contributed by atoms with Crippen molar-refractivity contribution < 1.29 is 48.8 Å². The third-order valence-corrected chi connectivity index (χ3v) is 7.32. The number of nitrogens with zero attached hydrogens (tertiary/aromatic N) is 1. The van der Waals surface area contributed by atoms with Crippen LogP contribution in [0.5, 0.6) is 0 Å². The Bertz CT molecular complexity index is 929. The number of rotatable bonds is 6. The molecule has 0 bridgehead atoms. The molecule has 1 atom stereocenters. The number of carbonyl (C=O) groups is 1. The Balaban J connectivity index is 0.000000342. The van der Waals surface area contributed by atoms with Crippen LogP contribution in [0.25, 0.3) is 0 Å². The summed E-state index contributed by atoms with van der Waals surface area (Å²) in [6.45, 7) is 0. The zero-order chi connectivity index (χ0) is 21.2. The summed E-state index contributed by atoms with van der Waals surface area (Å²) in [6, 6.07) is 31.8. The first-order valence-electron chi connectivity index (χ1n) is 9.50. The molecule has 0 spiro atoms. The van der Waals surface area contributed by atoms with Crippen LogP contribution in [0.2, 0.25) is 0 Å². The summed E-state index contributed by atoms with van der Waals surface area (Å²) in [7, 11) is -0.446. The van der Waals surface area contributed by atoms with Crippen molar-refractivity contribution in [1.82, 2.24) is 9.97 Å². The van der Waals surface area contributed by atoms with Crippen LogP contribution in [0.1, 0.15) is 5.69 Å². The number of hydrogen-bond acceptors (Lipinski definition) is 3. The van der Waals surface area contributed by atoms with E-state index in [4.69, 9.17) is 5.73 Å². The second-order valence-electron chi connectivity index (χ2n) is 6.49. The first kappa shape index (κ1) is 28.2. The van der Waals surface area contributed by atoms with Crippen LogP contribution >= 0.6 is 7.92 Å². The van der Waals surface area contributed by atoms with Gasteiger partial charge in [-0.25, -0.2) is 0 Å². The number of benzene rings is 3. The maximum atomic E-state index is 10.6. The van der Waals surface area contributed by atoms with Gasteiger partial charge >= 0.3 is 74.6 Å². The van der Waals surface area contributed by atoms with Crippen molar-refractivity contribution in [3.05, 3.63) is 109 Å². The second-order valence-corrected chi connectivity index (χ2v) is 9.47. The number of aromatic nitrogens is 2. The zero-order valence-corrected chi connectivity index (χ0v) is 21.0. The van der Waals surface area contributed by atoms with E-state index in [9.17, 15) is 4.79 Å². The predicted octanol–water partition coefficient (Wildman–Crippen LogP) is -3.19. The zero-order valence-electron chi connectivity index (χ0n) is 17.1. The molecule has 0 aliphatic rings. The molecule has 1 heterocycles. The molecule has 0 aliphatic heterocycles. The molecule has 8 heteroatoms. The largest absolute Gasteiger partial charge is 1.00 e. The van der Waals surface area contributed by atoms with Crippen molar-refractivity contribution in [2.45, 2.75) is 12.5 Å². The number of imidazole rings is 1. The fourth-order valence-electron chi connectivity index (χ4n) is 2.88. The van der Waals surface area contributed by atoms with E-state index in [-0.39, 0.29) is 29.1 Å². The van der Waals surface area contributed by atoms with Gasteiger partial charge in [-0.2, -0.15) is 0 Å². The first-order valence-corrected chi connectivity index (χ1v) is 11.6. The number of nitrogens with two attached hydrogens (primary N) is 1. The average Bonchev–Trinajstić information content (AvgIpc) is 3.30. The first-order chi connectivity index (χ1) is 14.6. The Morgan fingerprint density at radius 3 is 1.56 bits per heavy atom. The van der Waals surface area contributed by atoms with Crippen molar-refractivity contribution in [3.63, 3.8) is 0 Å². The van der Waals surface area contributed by atoms with Crippen molar-refractivity contribution >= 4 is 28.1 Å². The van der Waals surface area contributed by atoms with Crippen LogP contribution < -0.4 is 46.5 Å². The number of carbonyl (C=O) groups excluding carboxylic acids is 1. The van der Waals surface area contributed by atoms with Gasteiger partial charge in [0, 0.05) is 0 Å². The molecule has 3 aromatic carbocycles. The number of nitrogens with one attached hydrogen (secondary N) is 1. The third-order valence-electron chi connectivity index (χ3n) is 4.30. The minimum absolute atomic E-state index is 0. The maximum absolute atomic E-state index is 10.6. The molecular weight excluding hydrogens is 555 g/mol. The van der Waals surface area contributed by atoms with E-state index < -0.39 is 14.0 Å². The monoisotopic (exact) mass is 576 g/mol. The van der Waals surface area contributed by atoms with E-state index in [1.54, 1.807) is 12.5 Å². The third kappa shape index (κ3) is 8.60. The molecule has 0 unspecified atom stereocenters. The molecule has 169 valence electrons. The molecule has 32 heavy (non-hydrogen) atoms. The van der Waals surface area contributed by atoms with Crippen LogP contribution in [0, 0.1) is 0 Å². The second kappa shape index (κ2) is 15.1. The molecule has 3 N–H and O–H groups in total. The predicted molar refractivity (Wildman–Crippen MR) is 120 cm³/mol. The van der Waals surface area contributed by atoms with E-state index in [1.165, 1.54) is 15.9 Å². The van der Waals surface area contributed by atoms with Crippen molar-refractivity contribution in [3.8, 4) is 0 Å². The summed E-state index contributed by atoms with van der Waals surface area (Å²) in [4.78, 5) is 17.4. The van der Waals surface area contributed by atoms with E-state index in [0.29, 0.717) is 6.42 Å². The molecule has 0 aliphatic carbocycles. The average molecular weight is 578 g/mol.